The van der Waals surface area contributed by atoms with Crippen molar-refractivity contribution in [1.29, 1.82) is 0 Å². The lowest BCUT2D eigenvalue weighted by atomic mass is 10.2. The molecule has 1 saturated heterocycles. The highest BCUT2D eigenvalue weighted by atomic mass is 19.4. The van der Waals surface area contributed by atoms with Crippen LogP contribution in [-0.2, 0) is 17.5 Å². The predicted molar refractivity (Wildman–Crippen MR) is 76.8 cm³/mol. The summed E-state index contributed by atoms with van der Waals surface area (Å²) in [6, 6.07) is 6.00. The van der Waals surface area contributed by atoms with E-state index in [9.17, 15) is 22.8 Å². The van der Waals surface area contributed by atoms with E-state index in [1.54, 1.807) is 11.0 Å². The van der Waals surface area contributed by atoms with Crippen LogP contribution >= 0.6 is 0 Å². The third-order valence-corrected chi connectivity index (χ3v) is 3.87. The van der Waals surface area contributed by atoms with E-state index in [4.69, 9.17) is 0 Å². The molecule has 2 aromatic rings. The molecule has 0 N–H and O–H groups in total. The maximum absolute atomic E-state index is 13.0. The van der Waals surface area contributed by atoms with E-state index < -0.39 is 24.0 Å². The van der Waals surface area contributed by atoms with Crippen LogP contribution in [0.4, 0.5) is 13.2 Å². The minimum absolute atomic E-state index is 0.0358. The second kappa shape index (κ2) is 5.68. The lowest BCUT2D eigenvalue weighted by Gasteiger charge is -2.18. The minimum atomic E-state index is -4.86. The number of aromatic nitrogens is 2. The third kappa shape index (κ3) is 2.93. The van der Waals surface area contributed by atoms with Crippen molar-refractivity contribution in [3.63, 3.8) is 0 Å². The number of alkyl halides is 3. The Morgan fingerprint density at radius 2 is 1.83 bits per heavy atom. The molecular formula is C15H14F3N3O2. The molecule has 5 nitrogen and oxygen atoms in total. The quantitative estimate of drug-likeness (QED) is 0.849. The molecule has 8 heteroatoms. The number of likely N-dealkylation sites (tertiary alicyclic amines) is 1. The van der Waals surface area contributed by atoms with Gasteiger partial charge in [-0.2, -0.15) is 13.2 Å². The van der Waals surface area contributed by atoms with Crippen LogP contribution in [-0.4, -0.2) is 33.4 Å². The number of hydrogen-bond donors (Lipinski definition) is 0. The highest BCUT2D eigenvalue weighted by molar-refractivity contribution is 5.80. The summed E-state index contributed by atoms with van der Waals surface area (Å²) < 4.78 is 39.9. The Bertz CT molecular complexity index is 808. The van der Waals surface area contributed by atoms with E-state index >= 15 is 0 Å². The Labute approximate surface area is 129 Å². The topological polar surface area (TPSA) is 55.2 Å². The average molecular weight is 325 g/mol. The molecule has 0 saturated carbocycles. The third-order valence-electron chi connectivity index (χ3n) is 3.87. The van der Waals surface area contributed by atoms with Crippen LogP contribution in [0.3, 0.4) is 0 Å². The molecule has 1 aliphatic rings. The van der Waals surface area contributed by atoms with Crippen molar-refractivity contribution in [2.75, 3.05) is 13.1 Å². The minimum Gasteiger partial charge on any atom is -0.341 e. The number of fused-ring (bicyclic) bond motifs is 1. The summed E-state index contributed by atoms with van der Waals surface area (Å²) in [6.45, 7) is 0.733. The molecule has 0 radical (unpaired) electrons. The standard InChI is InChI=1S/C15H14F3N3O2/c16-15(17,18)13-14(23)21(9-12(22)20-7-3-4-8-20)11-6-2-1-5-10(11)19-13/h1-2,5-6H,3-4,7-9H2. The van der Waals surface area contributed by atoms with Gasteiger partial charge < -0.3 is 4.90 Å². The van der Waals surface area contributed by atoms with Crippen LogP contribution in [0.15, 0.2) is 29.1 Å². The Hall–Kier alpha value is -2.38. The summed E-state index contributed by atoms with van der Waals surface area (Å²) >= 11 is 0. The number of hydrogen-bond acceptors (Lipinski definition) is 3. The van der Waals surface area contributed by atoms with Crippen LogP contribution in [0.5, 0.6) is 0 Å². The number of benzene rings is 1. The zero-order valence-electron chi connectivity index (χ0n) is 12.1. The predicted octanol–water partition coefficient (Wildman–Crippen LogP) is 2.04. The van der Waals surface area contributed by atoms with Gasteiger partial charge in [0, 0.05) is 13.1 Å². The van der Waals surface area contributed by atoms with Gasteiger partial charge >= 0.3 is 6.18 Å². The average Bonchev–Trinajstić information content (AvgIpc) is 3.03. The van der Waals surface area contributed by atoms with Gasteiger partial charge in [-0.05, 0) is 25.0 Å². The Balaban J connectivity index is 2.11. The second-order valence-electron chi connectivity index (χ2n) is 5.43. The van der Waals surface area contributed by atoms with Gasteiger partial charge in [-0.1, -0.05) is 12.1 Å². The first-order valence-corrected chi connectivity index (χ1v) is 7.22. The first kappa shape index (κ1) is 15.5. The molecule has 0 aliphatic carbocycles. The van der Waals surface area contributed by atoms with E-state index in [0.29, 0.717) is 13.1 Å². The van der Waals surface area contributed by atoms with Gasteiger partial charge in [0.1, 0.15) is 6.54 Å². The molecule has 1 aromatic heterocycles. The van der Waals surface area contributed by atoms with Gasteiger partial charge in [-0.15, -0.1) is 0 Å². The van der Waals surface area contributed by atoms with Crippen molar-refractivity contribution < 1.29 is 18.0 Å². The van der Waals surface area contributed by atoms with Crippen molar-refractivity contribution in [2.45, 2.75) is 25.6 Å². The molecule has 1 amide bonds. The molecular weight excluding hydrogens is 311 g/mol. The zero-order chi connectivity index (χ0) is 16.6. The summed E-state index contributed by atoms with van der Waals surface area (Å²) in [5, 5.41) is 0. The lowest BCUT2D eigenvalue weighted by Crippen LogP contribution is -2.37. The highest BCUT2D eigenvalue weighted by Gasteiger charge is 2.37. The fourth-order valence-corrected chi connectivity index (χ4v) is 2.74. The highest BCUT2D eigenvalue weighted by Crippen LogP contribution is 2.26. The first-order valence-electron chi connectivity index (χ1n) is 7.22. The van der Waals surface area contributed by atoms with Crippen molar-refractivity contribution in [3.8, 4) is 0 Å². The Kier molecular flexibility index (Phi) is 3.83. The number of nitrogens with zero attached hydrogens (tertiary/aromatic N) is 3. The molecule has 23 heavy (non-hydrogen) atoms. The van der Waals surface area contributed by atoms with E-state index in [1.165, 1.54) is 18.2 Å². The monoisotopic (exact) mass is 325 g/mol. The number of para-hydroxylation sites is 2. The van der Waals surface area contributed by atoms with Crippen molar-refractivity contribution >= 4 is 16.9 Å². The SMILES string of the molecule is O=C(Cn1c(=O)c(C(F)(F)F)nc2ccccc21)N1CCCC1. The first-order chi connectivity index (χ1) is 10.9. The summed E-state index contributed by atoms with van der Waals surface area (Å²) in [5.74, 6) is -0.353. The number of carbonyl (C=O) groups is 1. The van der Waals surface area contributed by atoms with Crippen LogP contribution in [0, 0.1) is 0 Å². The summed E-state index contributed by atoms with van der Waals surface area (Å²) in [5.41, 5.74) is -2.53. The van der Waals surface area contributed by atoms with Gasteiger partial charge in [0.05, 0.1) is 11.0 Å². The van der Waals surface area contributed by atoms with Crippen LogP contribution in [0.1, 0.15) is 18.5 Å². The maximum Gasteiger partial charge on any atom is 0.438 e. The molecule has 1 aromatic carbocycles. The lowest BCUT2D eigenvalue weighted by molar-refractivity contribution is -0.142. The normalized spacial score (nSPS) is 15.3. The molecule has 122 valence electrons. The molecule has 0 bridgehead atoms. The van der Waals surface area contributed by atoms with Crippen molar-refractivity contribution in [1.82, 2.24) is 14.5 Å². The number of amides is 1. The van der Waals surface area contributed by atoms with E-state index in [-0.39, 0.29) is 16.9 Å². The molecule has 2 heterocycles. The van der Waals surface area contributed by atoms with Crippen molar-refractivity contribution in [3.05, 3.63) is 40.3 Å². The van der Waals surface area contributed by atoms with Crippen LogP contribution in [0.25, 0.3) is 11.0 Å². The summed E-state index contributed by atoms with van der Waals surface area (Å²) in [7, 11) is 0. The molecule has 0 atom stereocenters. The van der Waals surface area contributed by atoms with Gasteiger partial charge in [-0.25, -0.2) is 4.98 Å². The molecule has 0 spiro atoms. The Morgan fingerprint density at radius 1 is 1.17 bits per heavy atom. The molecule has 3 rings (SSSR count). The van der Waals surface area contributed by atoms with Crippen LogP contribution < -0.4 is 5.56 Å². The fraction of sp³-hybridized carbons (Fsp3) is 0.400. The smallest absolute Gasteiger partial charge is 0.341 e. The van der Waals surface area contributed by atoms with Gasteiger partial charge in [0.25, 0.3) is 5.56 Å². The van der Waals surface area contributed by atoms with Gasteiger partial charge in [0.2, 0.25) is 11.6 Å². The van der Waals surface area contributed by atoms with Crippen LogP contribution in [0.2, 0.25) is 0 Å². The van der Waals surface area contributed by atoms with Gasteiger partial charge in [0.15, 0.2) is 0 Å². The molecule has 1 fully saturated rings. The fourth-order valence-electron chi connectivity index (χ4n) is 2.74. The van der Waals surface area contributed by atoms with Gasteiger partial charge in [-0.3, -0.25) is 14.2 Å². The zero-order valence-corrected chi connectivity index (χ0v) is 12.1. The molecule has 1 aliphatic heterocycles. The number of halogens is 3. The van der Waals surface area contributed by atoms with E-state index in [1.807, 2.05) is 0 Å². The maximum atomic E-state index is 13.0. The van der Waals surface area contributed by atoms with Crippen molar-refractivity contribution in [2.24, 2.45) is 0 Å². The van der Waals surface area contributed by atoms with E-state index in [2.05, 4.69) is 4.98 Å². The second-order valence-corrected chi connectivity index (χ2v) is 5.43. The number of rotatable bonds is 2. The largest absolute Gasteiger partial charge is 0.438 e. The van der Waals surface area contributed by atoms with E-state index in [0.717, 1.165) is 17.4 Å². The summed E-state index contributed by atoms with van der Waals surface area (Å²) in [6.07, 6.45) is -3.13. The number of carbonyl (C=O) groups excluding carboxylic acids is 1. The Morgan fingerprint density at radius 3 is 2.48 bits per heavy atom. The molecule has 0 unspecified atom stereocenters. The summed E-state index contributed by atoms with van der Waals surface area (Å²) in [4.78, 5) is 29.4.